The molecular formula is C19H20NO2-. The third kappa shape index (κ3) is 2.07. The highest BCUT2D eigenvalue weighted by Gasteiger charge is 2.41. The van der Waals surface area contributed by atoms with E-state index in [2.05, 4.69) is 35.7 Å². The molecule has 1 heterocycles. The highest BCUT2D eigenvalue weighted by atomic mass is 16.4. The van der Waals surface area contributed by atoms with Gasteiger partial charge >= 0.3 is 0 Å². The molecule has 1 N–H and O–H groups in total. The molecule has 1 aromatic carbocycles. The molecule has 0 spiro atoms. The lowest BCUT2D eigenvalue weighted by Gasteiger charge is -2.42. The summed E-state index contributed by atoms with van der Waals surface area (Å²) in [6.45, 7) is 0. The summed E-state index contributed by atoms with van der Waals surface area (Å²) in [5, 5.41) is 15.1. The number of carboxylic acids is 1. The van der Waals surface area contributed by atoms with E-state index in [-0.39, 0.29) is 0 Å². The van der Waals surface area contributed by atoms with Crippen LogP contribution < -0.4 is 10.4 Å². The summed E-state index contributed by atoms with van der Waals surface area (Å²) < 4.78 is 0. The van der Waals surface area contributed by atoms with E-state index in [1.165, 1.54) is 6.42 Å². The van der Waals surface area contributed by atoms with Crippen molar-refractivity contribution in [3.8, 4) is 0 Å². The molecule has 0 aromatic heterocycles. The lowest BCUT2D eigenvalue weighted by Crippen LogP contribution is -2.42. The minimum atomic E-state index is -1.09. The fourth-order valence-corrected chi connectivity index (χ4v) is 4.44. The molecule has 0 saturated heterocycles. The third-order valence-corrected chi connectivity index (χ3v) is 5.48. The Kier molecular flexibility index (Phi) is 3.29. The summed E-state index contributed by atoms with van der Waals surface area (Å²) in [6, 6.07) is 5.88. The molecule has 3 heteroatoms. The molecule has 4 atom stereocenters. The Morgan fingerprint density at radius 1 is 1.18 bits per heavy atom. The maximum atomic E-state index is 11.5. The molecule has 0 unspecified atom stereocenters. The second kappa shape index (κ2) is 5.31. The minimum Gasteiger partial charge on any atom is -0.545 e. The third-order valence-electron chi connectivity index (χ3n) is 5.48. The van der Waals surface area contributed by atoms with Crippen LogP contribution in [0.4, 0.5) is 5.69 Å². The van der Waals surface area contributed by atoms with Gasteiger partial charge in [0.25, 0.3) is 0 Å². The zero-order valence-electron chi connectivity index (χ0n) is 12.5. The van der Waals surface area contributed by atoms with Gasteiger partial charge in [0.1, 0.15) is 0 Å². The summed E-state index contributed by atoms with van der Waals surface area (Å²) in [6.07, 6.45) is 13.5. The summed E-state index contributed by atoms with van der Waals surface area (Å²) in [5.41, 5.74) is 2.20. The Labute approximate surface area is 130 Å². The summed E-state index contributed by atoms with van der Waals surface area (Å²) >= 11 is 0. The molecule has 1 aliphatic heterocycles. The maximum absolute atomic E-state index is 11.5. The van der Waals surface area contributed by atoms with Crippen LogP contribution in [0, 0.1) is 11.8 Å². The van der Waals surface area contributed by atoms with E-state index >= 15 is 0 Å². The molecule has 3 nitrogen and oxygen atoms in total. The number of hydrogen-bond donors (Lipinski definition) is 1. The topological polar surface area (TPSA) is 52.2 Å². The first kappa shape index (κ1) is 13.6. The van der Waals surface area contributed by atoms with Gasteiger partial charge in [-0.05, 0) is 43.1 Å². The largest absolute Gasteiger partial charge is 0.545 e. The van der Waals surface area contributed by atoms with Gasteiger partial charge in [0.2, 0.25) is 0 Å². The van der Waals surface area contributed by atoms with Gasteiger partial charge in [-0.2, -0.15) is 0 Å². The van der Waals surface area contributed by atoms with Crippen molar-refractivity contribution in [2.45, 2.75) is 37.6 Å². The first-order valence-electron chi connectivity index (χ1n) is 8.18. The van der Waals surface area contributed by atoms with Crippen molar-refractivity contribution in [2.24, 2.45) is 11.8 Å². The lowest BCUT2D eigenvalue weighted by atomic mass is 9.71. The Morgan fingerprint density at radius 3 is 2.86 bits per heavy atom. The van der Waals surface area contributed by atoms with Crippen molar-refractivity contribution in [1.82, 2.24) is 0 Å². The normalized spacial score (nSPS) is 32.2. The molecule has 0 bridgehead atoms. The van der Waals surface area contributed by atoms with Gasteiger partial charge in [-0.3, -0.25) is 0 Å². The van der Waals surface area contributed by atoms with E-state index in [0.29, 0.717) is 29.4 Å². The number of allylic oxidation sites excluding steroid dienone is 4. The zero-order valence-corrected chi connectivity index (χ0v) is 12.5. The summed E-state index contributed by atoms with van der Waals surface area (Å²) in [4.78, 5) is 11.5. The number of carbonyl (C=O) groups is 1. The molecular weight excluding hydrogens is 274 g/mol. The Morgan fingerprint density at radius 2 is 2.09 bits per heavy atom. The van der Waals surface area contributed by atoms with Crippen LogP contribution in [0.3, 0.4) is 0 Å². The number of fused-ring (bicyclic) bond motifs is 3. The zero-order chi connectivity index (χ0) is 15.1. The fraction of sp³-hybridized carbons (Fsp3) is 0.421. The Balaban J connectivity index is 1.76. The number of hydrogen-bond acceptors (Lipinski definition) is 3. The summed E-state index contributed by atoms with van der Waals surface area (Å²) in [7, 11) is 0. The second-order valence-corrected chi connectivity index (χ2v) is 6.63. The number of anilines is 1. The molecule has 114 valence electrons. The average Bonchev–Trinajstić information content (AvgIpc) is 3.04. The Hall–Kier alpha value is -2.03. The standard InChI is InChI=1S/C19H21NO2/c21-19(22)16-11-5-10-15-13-8-4-9-14(13)17(20-18(15)16)12-6-2-1-3-7-12/h1-2,4-5,8,10-14,17,20H,3,6-7,9H2,(H,21,22)/p-1/t12-,13-,14-,17-/m0/s1. The number of nitrogens with one attached hydrogen (secondary N) is 1. The average molecular weight is 294 g/mol. The van der Waals surface area contributed by atoms with Crippen LogP contribution in [0.1, 0.15) is 47.5 Å². The minimum absolute atomic E-state index is 0.299. The number of benzene rings is 1. The van der Waals surface area contributed by atoms with Crippen LogP contribution in [0.5, 0.6) is 0 Å². The molecule has 0 fully saturated rings. The van der Waals surface area contributed by atoms with Crippen LogP contribution in [-0.2, 0) is 0 Å². The Bertz CT molecular complexity index is 661. The van der Waals surface area contributed by atoms with Gasteiger partial charge < -0.3 is 15.2 Å². The van der Waals surface area contributed by atoms with Crippen molar-refractivity contribution in [1.29, 1.82) is 0 Å². The molecule has 22 heavy (non-hydrogen) atoms. The highest BCUT2D eigenvalue weighted by molar-refractivity contribution is 5.94. The van der Waals surface area contributed by atoms with Crippen LogP contribution in [-0.4, -0.2) is 12.0 Å². The first-order chi connectivity index (χ1) is 10.8. The van der Waals surface area contributed by atoms with Crippen molar-refractivity contribution in [3.63, 3.8) is 0 Å². The fourth-order valence-electron chi connectivity index (χ4n) is 4.44. The predicted octanol–water partition coefficient (Wildman–Crippen LogP) is 2.86. The number of aromatic carboxylic acids is 1. The number of carbonyl (C=O) groups excluding carboxylic acids is 1. The number of carboxylic acid groups (broad SMARTS) is 1. The van der Waals surface area contributed by atoms with E-state index in [1.807, 2.05) is 6.07 Å². The van der Waals surface area contributed by atoms with Crippen LogP contribution in [0.2, 0.25) is 0 Å². The second-order valence-electron chi connectivity index (χ2n) is 6.63. The molecule has 3 aliphatic rings. The van der Waals surface area contributed by atoms with Crippen molar-refractivity contribution < 1.29 is 9.90 Å². The van der Waals surface area contributed by atoms with Gasteiger partial charge in [0, 0.05) is 23.2 Å². The smallest absolute Gasteiger partial charge is 0.0736 e. The molecule has 0 radical (unpaired) electrons. The van der Waals surface area contributed by atoms with Crippen molar-refractivity contribution >= 4 is 11.7 Å². The van der Waals surface area contributed by atoms with Crippen molar-refractivity contribution in [2.75, 3.05) is 5.32 Å². The van der Waals surface area contributed by atoms with Gasteiger partial charge in [-0.1, -0.05) is 42.5 Å². The molecule has 4 rings (SSSR count). The predicted molar refractivity (Wildman–Crippen MR) is 84.7 cm³/mol. The highest BCUT2D eigenvalue weighted by Crippen LogP contribution is 2.48. The monoisotopic (exact) mass is 294 g/mol. The number of rotatable bonds is 2. The van der Waals surface area contributed by atoms with E-state index in [1.54, 1.807) is 6.07 Å². The maximum Gasteiger partial charge on any atom is 0.0736 e. The van der Waals surface area contributed by atoms with E-state index in [0.717, 1.165) is 30.5 Å². The molecule has 0 amide bonds. The first-order valence-corrected chi connectivity index (χ1v) is 8.18. The van der Waals surface area contributed by atoms with Gasteiger partial charge in [0.15, 0.2) is 0 Å². The quantitative estimate of drug-likeness (QED) is 0.853. The van der Waals surface area contributed by atoms with E-state index in [9.17, 15) is 9.90 Å². The van der Waals surface area contributed by atoms with Crippen LogP contribution >= 0.6 is 0 Å². The number of para-hydroxylation sites is 1. The molecule has 0 saturated carbocycles. The lowest BCUT2D eigenvalue weighted by molar-refractivity contribution is -0.254. The van der Waals surface area contributed by atoms with E-state index in [4.69, 9.17) is 0 Å². The van der Waals surface area contributed by atoms with Gasteiger partial charge in [-0.15, -0.1) is 0 Å². The van der Waals surface area contributed by atoms with Crippen LogP contribution in [0.25, 0.3) is 0 Å². The van der Waals surface area contributed by atoms with Gasteiger partial charge in [-0.25, -0.2) is 0 Å². The SMILES string of the molecule is O=C([O-])c1cccc2c1N[C@@H]([C@H]1CC=CCC1)[C@H]1CC=C[C@H]21. The van der Waals surface area contributed by atoms with Crippen molar-refractivity contribution in [3.05, 3.63) is 53.6 Å². The van der Waals surface area contributed by atoms with E-state index < -0.39 is 5.97 Å². The summed E-state index contributed by atoms with van der Waals surface area (Å²) in [5.74, 6) is 0.375. The molecule has 2 aliphatic carbocycles. The molecule has 1 aromatic rings. The van der Waals surface area contributed by atoms with Crippen LogP contribution in [0.15, 0.2) is 42.5 Å². The van der Waals surface area contributed by atoms with Gasteiger partial charge in [0.05, 0.1) is 5.97 Å².